The highest BCUT2D eigenvalue weighted by atomic mass is 32.2. The van der Waals surface area contributed by atoms with Crippen molar-refractivity contribution in [2.24, 2.45) is 4.99 Å². The Labute approximate surface area is 203 Å². The normalized spacial score (nSPS) is 17.4. The first-order valence-electron chi connectivity index (χ1n) is 10.5. The van der Waals surface area contributed by atoms with Gasteiger partial charge in [-0.25, -0.2) is 4.99 Å². The summed E-state index contributed by atoms with van der Waals surface area (Å²) < 4.78 is 10.6. The molecule has 1 fully saturated rings. The summed E-state index contributed by atoms with van der Waals surface area (Å²) in [5, 5.41) is 11.0. The lowest BCUT2D eigenvalue weighted by Gasteiger charge is -2.18. The number of morpholine rings is 1. The zero-order valence-corrected chi connectivity index (χ0v) is 19.6. The molecule has 4 heterocycles. The predicted octanol–water partition coefficient (Wildman–Crippen LogP) is 2.11. The molecule has 0 bridgehead atoms. The van der Waals surface area contributed by atoms with E-state index in [2.05, 4.69) is 15.6 Å². The molecular weight excluding hydrogens is 476 g/mol. The van der Waals surface area contributed by atoms with Crippen LogP contribution < -0.4 is 20.0 Å². The lowest BCUT2D eigenvalue weighted by Crippen LogP contribution is -2.62. The third-order valence-electron chi connectivity index (χ3n) is 4.99. The van der Waals surface area contributed by atoms with E-state index in [1.165, 1.54) is 28.0 Å². The molecule has 0 saturated carbocycles. The van der Waals surface area contributed by atoms with Crippen molar-refractivity contribution in [1.82, 2.24) is 5.27 Å². The van der Waals surface area contributed by atoms with E-state index >= 15 is 0 Å². The van der Waals surface area contributed by atoms with Crippen molar-refractivity contribution in [3.63, 3.8) is 0 Å². The van der Waals surface area contributed by atoms with E-state index in [4.69, 9.17) is 9.26 Å². The minimum Gasteiger partial charge on any atom is -0.377 e. The molecule has 5 rings (SSSR count). The third kappa shape index (κ3) is 5.03. The second kappa shape index (κ2) is 10.2. The number of carbonyl (C=O) groups excluding carboxylic acids is 2. The van der Waals surface area contributed by atoms with Crippen LogP contribution in [0.1, 0.15) is 4.88 Å². The minimum absolute atomic E-state index is 0.0416. The third-order valence-corrected chi connectivity index (χ3v) is 6.75. The summed E-state index contributed by atoms with van der Waals surface area (Å²) in [6, 6.07) is 13.1. The van der Waals surface area contributed by atoms with Crippen LogP contribution in [-0.2, 0) is 14.3 Å². The molecule has 0 unspecified atom stereocenters. The lowest BCUT2D eigenvalue weighted by molar-refractivity contribution is -0.759. The van der Waals surface area contributed by atoms with Crippen LogP contribution in [0.2, 0.25) is 0 Å². The largest absolute Gasteiger partial charge is 0.377 e. The molecule has 2 aliphatic rings. The highest BCUT2D eigenvalue weighted by molar-refractivity contribution is 8.14. The SMILES string of the molecule is O=C(CSC1=N/C(=C/c2cccs2)C(=O)N1c1ccccc1)Nc1c[n+](N2CCOCC2)no1. The second-order valence-corrected chi connectivity index (χ2v) is 9.23. The number of para-hydroxylation sites is 1. The van der Waals surface area contributed by atoms with Crippen LogP contribution in [0, 0.1) is 0 Å². The van der Waals surface area contributed by atoms with Crippen LogP contribution in [0.4, 0.5) is 11.6 Å². The quantitative estimate of drug-likeness (QED) is 0.411. The average Bonchev–Trinajstić information content (AvgIpc) is 3.61. The monoisotopic (exact) mass is 497 g/mol. The van der Waals surface area contributed by atoms with E-state index in [1.807, 2.05) is 52.9 Å². The van der Waals surface area contributed by atoms with Gasteiger partial charge in [-0.1, -0.05) is 36.0 Å². The topological polar surface area (TPSA) is 104 Å². The van der Waals surface area contributed by atoms with E-state index in [9.17, 15) is 9.59 Å². The number of thiophene rings is 1. The number of ether oxygens (including phenoxy) is 1. The number of aromatic nitrogens is 2. The van der Waals surface area contributed by atoms with Gasteiger partial charge in [-0.05, 0) is 29.7 Å². The number of thioether (sulfide) groups is 1. The molecule has 1 N–H and O–H groups in total. The second-order valence-electron chi connectivity index (χ2n) is 7.31. The summed E-state index contributed by atoms with van der Waals surface area (Å²) >= 11 is 2.70. The van der Waals surface area contributed by atoms with Gasteiger partial charge in [0, 0.05) is 4.88 Å². The number of benzene rings is 1. The van der Waals surface area contributed by atoms with Gasteiger partial charge < -0.3 is 4.74 Å². The molecule has 0 aliphatic carbocycles. The summed E-state index contributed by atoms with van der Waals surface area (Å²) in [4.78, 5) is 34.3. The Kier molecular flexibility index (Phi) is 6.70. The van der Waals surface area contributed by atoms with Gasteiger partial charge in [-0.2, -0.15) is 0 Å². The van der Waals surface area contributed by atoms with Gasteiger partial charge in [-0.15, -0.1) is 16.3 Å². The predicted molar refractivity (Wildman–Crippen MR) is 130 cm³/mol. The van der Waals surface area contributed by atoms with Gasteiger partial charge in [-0.3, -0.25) is 24.3 Å². The highest BCUT2D eigenvalue weighted by Gasteiger charge is 2.32. The Morgan fingerprint density at radius 3 is 2.79 bits per heavy atom. The first-order chi connectivity index (χ1) is 16.7. The van der Waals surface area contributed by atoms with Crippen LogP contribution in [0.5, 0.6) is 0 Å². The summed E-state index contributed by atoms with van der Waals surface area (Å²) in [7, 11) is 0. The molecule has 2 aliphatic heterocycles. The number of aliphatic imine (C=N–C) groups is 1. The fraction of sp³-hybridized carbons (Fsp3) is 0.227. The summed E-state index contributed by atoms with van der Waals surface area (Å²) in [5.74, 6) is -0.252. The molecule has 34 heavy (non-hydrogen) atoms. The van der Waals surface area contributed by atoms with Gasteiger partial charge in [0.1, 0.15) is 5.70 Å². The summed E-state index contributed by atoms with van der Waals surface area (Å²) in [5.41, 5.74) is 1.02. The number of anilines is 2. The number of rotatable bonds is 6. The molecule has 174 valence electrons. The molecule has 1 saturated heterocycles. The van der Waals surface area contributed by atoms with Gasteiger partial charge in [0.15, 0.2) is 5.17 Å². The first-order valence-corrected chi connectivity index (χ1v) is 12.4. The molecule has 10 nitrogen and oxygen atoms in total. The Hall–Kier alpha value is -3.48. The number of hydrogen-bond acceptors (Lipinski definition) is 9. The molecule has 1 aromatic carbocycles. The van der Waals surface area contributed by atoms with Gasteiger partial charge in [0.25, 0.3) is 12.1 Å². The Balaban J connectivity index is 1.27. The molecule has 2 amide bonds. The van der Waals surface area contributed by atoms with E-state index in [1.54, 1.807) is 17.1 Å². The fourth-order valence-corrected chi connectivity index (χ4v) is 4.86. The Morgan fingerprint density at radius 1 is 1.21 bits per heavy atom. The van der Waals surface area contributed by atoms with Crippen LogP contribution in [0.15, 0.2) is 69.3 Å². The summed E-state index contributed by atoms with van der Waals surface area (Å²) in [6.45, 7) is 2.59. The molecule has 3 aromatic rings. The Morgan fingerprint density at radius 2 is 2.03 bits per heavy atom. The number of amides is 2. The number of carbonyl (C=O) groups is 2. The maximum atomic E-state index is 13.1. The van der Waals surface area contributed by atoms with Gasteiger partial charge in [0.2, 0.25) is 11.2 Å². The minimum atomic E-state index is -0.297. The van der Waals surface area contributed by atoms with Crippen LogP contribution >= 0.6 is 23.1 Å². The number of nitrogens with one attached hydrogen (secondary N) is 1. The molecule has 0 radical (unpaired) electrons. The number of hydrogen-bond donors (Lipinski definition) is 1. The molecule has 0 atom stereocenters. The van der Waals surface area contributed by atoms with E-state index in [0.717, 1.165) is 4.88 Å². The smallest absolute Gasteiger partial charge is 0.305 e. The van der Waals surface area contributed by atoms with E-state index in [-0.39, 0.29) is 23.5 Å². The van der Waals surface area contributed by atoms with Crippen molar-refractivity contribution in [3.8, 4) is 0 Å². The molecule has 12 heteroatoms. The van der Waals surface area contributed by atoms with Crippen molar-refractivity contribution in [3.05, 3.63) is 64.6 Å². The zero-order chi connectivity index (χ0) is 23.3. The number of amidine groups is 1. The fourth-order valence-electron chi connectivity index (χ4n) is 3.39. The maximum Gasteiger partial charge on any atom is 0.305 e. The van der Waals surface area contributed by atoms with Crippen molar-refractivity contribution >= 4 is 57.7 Å². The van der Waals surface area contributed by atoms with Crippen molar-refractivity contribution in [2.75, 3.05) is 47.3 Å². The van der Waals surface area contributed by atoms with E-state index in [0.29, 0.717) is 42.9 Å². The van der Waals surface area contributed by atoms with Gasteiger partial charge in [0.05, 0.1) is 42.5 Å². The lowest BCUT2D eigenvalue weighted by atomic mass is 10.3. The molecule has 0 spiro atoms. The first kappa shape index (κ1) is 22.3. The van der Waals surface area contributed by atoms with Gasteiger partial charge >= 0.3 is 5.88 Å². The Bertz CT molecular complexity index is 1220. The zero-order valence-electron chi connectivity index (χ0n) is 18.0. The van der Waals surface area contributed by atoms with Crippen LogP contribution in [0.25, 0.3) is 6.08 Å². The van der Waals surface area contributed by atoms with Crippen LogP contribution in [-0.4, -0.2) is 54.3 Å². The average molecular weight is 498 g/mol. The van der Waals surface area contributed by atoms with Crippen molar-refractivity contribution in [2.45, 2.75) is 0 Å². The van der Waals surface area contributed by atoms with Crippen LogP contribution in [0.3, 0.4) is 0 Å². The molecular formula is C22H21N6O4S2+. The van der Waals surface area contributed by atoms with Crippen molar-refractivity contribution < 1.29 is 23.6 Å². The molecule has 2 aromatic heterocycles. The van der Waals surface area contributed by atoms with E-state index < -0.39 is 0 Å². The maximum absolute atomic E-state index is 13.1. The standard InChI is InChI=1S/C22H20N6O4S2/c29-19(24-20-14-27(25-32-20)26-8-10-31-11-9-26)15-34-22-23-18(13-17-7-4-12-33-17)21(30)28(22)16-5-2-1-3-6-16/h1-7,12-14H,8-11,15H2/p+1/b18-13+. The number of nitrogens with zero attached hydrogens (tertiary/aromatic N) is 5. The highest BCUT2D eigenvalue weighted by Crippen LogP contribution is 2.29. The summed E-state index contributed by atoms with van der Waals surface area (Å²) in [6.07, 6.45) is 3.37. The van der Waals surface area contributed by atoms with Crippen molar-refractivity contribution in [1.29, 1.82) is 0 Å².